The van der Waals surface area contributed by atoms with Crippen LogP contribution in [-0.4, -0.2) is 61.0 Å². The summed E-state index contributed by atoms with van der Waals surface area (Å²) in [6.07, 6.45) is 0.681. The number of ether oxygens (including phenoxy) is 5. The molecule has 0 bridgehead atoms. The highest BCUT2D eigenvalue weighted by atomic mass is 31.2. The van der Waals surface area contributed by atoms with Gasteiger partial charge in [-0.05, 0) is 121 Å². The molecule has 0 amide bonds. The van der Waals surface area contributed by atoms with Crippen LogP contribution >= 0.6 is 14.3 Å². The molecule has 0 aliphatic rings. The highest BCUT2D eigenvalue weighted by molar-refractivity contribution is 7.79. The minimum atomic E-state index is -3.15. The predicted octanol–water partition coefficient (Wildman–Crippen LogP) is 6.56. The van der Waals surface area contributed by atoms with Gasteiger partial charge in [-0.25, -0.2) is 0 Å². The third-order valence-electron chi connectivity index (χ3n) is 8.77. The fraction of sp³-hybridized carbons (Fsp3) is 0.231. The van der Waals surface area contributed by atoms with Crippen molar-refractivity contribution in [3.05, 3.63) is 121 Å². The van der Waals surface area contributed by atoms with Gasteiger partial charge in [0.05, 0.1) is 35.5 Å². The van der Waals surface area contributed by atoms with Crippen LogP contribution in [-0.2, 0) is 9.13 Å². The summed E-state index contributed by atoms with van der Waals surface area (Å²) in [5, 5.41) is 2.93. The summed E-state index contributed by atoms with van der Waals surface area (Å²) in [6, 6.07) is 37.5. The Bertz CT molecular complexity index is 1660. The zero-order valence-electron chi connectivity index (χ0n) is 28.6. The van der Waals surface area contributed by atoms with Gasteiger partial charge in [-0.1, -0.05) is 0 Å². The van der Waals surface area contributed by atoms with Crippen molar-refractivity contribution in [1.29, 1.82) is 0 Å². The van der Waals surface area contributed by atoms with Crippen LogP contribution in [0, 0.1) is 0 Å². The van der Waals surface area contributed by atoms with E-state index in [4.69, 9.17) is 23.7 Å². The third kappa shape index (κ3) is 8.16. The van der Waals surface area contributed by atoms with Gasteiger partial charge in [-0.3, -0.25) is 0 Å². The van der Waals surface area contributed by atoms with E-state index in [1.54, 1.807) is 35.5 Å². The molecule has 0 saturated heterocycles. The van der Waals surface area contributed by atoms with Crippen LogP contribution in [0.15, 0.2) is 121 Å². The summed E-state index contributed by atoms with van der Waals surface area (Å²) < 4.78 is 57.4. The molecular weight excluding hydrogens is 656 g/mol. The van der Waals surface area contributed by atoms with Crippen molar-refractivity contribution < 1.29 is 32.8 Å². The lowest BCUT2D eigenvalue weighted by molar-refractivity contribution is 0.414. The predicted molar refractivity (Wildman–Crippen MR) is 201 cm³/mol. The molecule has 256 valence electrons. The Morgan fingerprint density at radius 1 is 0.388 bits per heavy atom. The van der Waals surface area contributed by atoms with Crippen molar-refractivity contribution in [2.24, 2.45) is 0 Å². The van der Waals surface area contributed by atoms with Crippen molar-refractivity contribution in [2.45, 2.75) is 0 Å². The van der Waals surface area contributed by atoms with Gasteiger partial charge in [-0.2, -0.15) is 0 Å². The number of rotatable bonds is 16. The number of methoxy groups -OCH3 is 5. The first-order valence-electron chi connectivity index (χ1n) is 15.9. The quantitative estimate of drug-likeness (QED) is 0.107. The summed E-state index contributed by atoms with van der Waals surface area (Å²) >= 11 is 0. The molecule has 0 unspecified atom stereocenters. The monoisotopic (exact) mass is 699 g/mol. The molecule has 0 saturated carbocycles. The van der Waals surface area contributed by atoms with Crippen molar-refractivity contribution in [2.75, 3.05) is 65.9 Å². The molecule has 5 rings (SSSR count). The van der Waals surface area contributed by atoms with E-state index in [2.05, 4.69) is 4.90 Å². The molecule has 0 atom stereocenters. The zero-order valence-corrected chi connectivity index (χ0v) is 30.4. The summed E-state index contributed by atoms with van der Waals surface area (Å²) in [5.74, 6) is 3.50. The second-order valence-electron chi connectivity index (χ2n) is 11.4. The van der Waals surface area contributed by atoms with Gasteiger partial charge in [-0.15, -0.1) is 0 Å². The first-order valence-corrected chi connectivity index (χ1v) is 19.7. The normalized spacial score (nSPS) is 11.4. The highest BCUT2D eigenvalue weighted by Crippen LogP contribution is 2.46. The third-order valence-corrected chi connectivity index (χ3v) is 15.0. The van der Waals surface area contributed by atoms with Crippen LogP contribution in [0.3, 0.4) is 0 Å². The number of benzene rings is 5. The lowest BCUT2D eigenvalue weighted by Crippen LogP contribution is -2.34. The van der Waals surface area contributed by atoms with E-state index in [9.17, 15) is 0 Å². The zero-order chi connectivity index (χ0) is 34.9. The molecule has 8 nitrogen and oxygen atoms in total. The molecular formula is C39H43NO7P2. The molecule has 0 fully saturated rings. The summed E-state index contributed by atoms with van der Waals surface area (Å²) in [7, 11) is 1.79. The Balaban J connectivity index is 1.52. The maximum Gasteiger partial charge on any atom is 0.144 e. The molecule has 0 aliphatic carbocycles. The Labute approximate surface area is 289 Å². The fourth-order valence-corrected chi connectivity index (χ4v) is 11.0. The second kappa shape index (κ2) is 16.2. The molecule has 0 spiro atoms. The van der Waals surface area contributed by atoms with Crippen LogP contribution in [0.5, 0.6) is 28.7 Å². The van der Waals surface area contributed by atoms with Gasteiger partial charge >= 0.3 is 0 Å². The van der Waals surface area contributed by atoms with Gasteiger partial charge in [0.25, 0.3) is 0 Å². The van der Waals surface area contributed by atoms with E-state index >= 15 is 9.13 Å². The number of nitrogens with zero attached hydrogens (tertiary/aromatic N) is 1. The number of anilines is 1. The standard InChI is InChI=1S/C39H43NO7P2/c1-43-31-8-6-30(7-9-31)40(26-28-48(41,36-18-10-32(44-2)11-19-36)37-20-12-33(45-3)13-21-37)27-29-49(42,38-22-14-34(46-4)15-23-38)39-24-16-35(47-5)17-25-39/h6-25H,26-29H2,1-5H3. The second-order valence-corrected chi connectivity index (χ2v) is 17.3. The summed E-state index contributed by atoms with van der Waals surface area (Å²) in [5.41, 5.74) is 0.910. The maximum absolute atomic E-state index is 15.2. The SMILES string of the molecule is COc1ccc(N(CCP(=O)(c2ccc(OC)cc2)c2ccc(OC)cc2)CCP(=O)(c2ccc(OC)cc2)c2ccc(OC)cc2)cc1. The molecule has 0 heterocycles. The Morgan fingerprint density at radius 3 is 0.837 bits per heavy atom. The smallest absolute Gasteiger partial charge is 0.144 e. The van der Waals surface area contributed by atoms with Gasteiger partial charge in [0.15, 0.2) is 0 Å². The molecule has 0 N–H and O–H groups in total. The largest absolute Gasteiger partial charge is 0.497 e. The molecule has 49 heavy (non-hydrogen) atoms. The summed E-state index contributed by atoms with van der Waals surface area (Å²) in [6.45, 7) is 0.875. The van der Waals surface area contributed by atoms with Crippen molar-refractivity contribution in [1.82, 2.24) is 0 Å². The molecule has 10 heteroatoms. The van der Waals surface area contributed by atoms with E-state index in [1.807, 2.05) is 121 Å². The maximum atomic E-state index is 15.2. The van der Waals surface area contributed by atoms with E-state index in [0.29, 0.717) is 48.4 Å². The van der Waals surface area contributed by atoms with E-state index in [0.717, 1.165) is 32.7 Å². The van der Waals surface area contributed by atoms with Crippen LogP contribution in [0.1, 0.15) is 0 Å². The Kier molecular flexibility index (Phi) is 11.8. The first kappa shape index (κ1) is 35.7. The average Bonchev–Trinajstić information content (AvgIpc) is 3.17. The number of hydrogen-bond acceptors (Lipinski definition) is 8. The van der Waals surface area contributed by atoms with Crippen LogP contribution < -0.4 is 49.8 Å². The lowest BCUT2D eigenvalue weighted by Gasteiger charge is -2.30. The van der Waals surface area contributed by atoms with E-state index in [1.165, 1.54) is 0 Å². The molecule has 0 radical (unpaired) electrons. The van der Waals surface area contributed by atoms with E-state index < -0.39 is 14.3 Å². The summed E-state index contributed by atoms with van der Waals surface area (Å²) in [4.78, 5) is 2.17. The molecule has 5 aromatic carbocycles. The average molecular weight is 700 g/mol. The minimum absolute atomic E-state index is 0.340. The lowest BCUT2D eigenvalue weighted by atomic mass is 10.2. The van der Waals surface area contributed by atoms with Gasteiger partial charge in [0.2, 0.25) is 0 Å². The Hall–Kier alpha value is -4.64. The molecule has 0 aliphatic heterocycles. The van der Waals surface area contributed by atoms with Gasteiger partial charge in [0.1, 0.15) is 43.0 Å². The van der Waals surface area contributed by atoms with Crippen molar-refractivity contribution >= 4 is 41.2 Å². The van der Waals surface area contributed by atoms with Gasteiger partial charge in [0, 0.05) is 52.3 Å². The topological polar surface area (TPSA) is 83.5 Å². The Morgan fingerprint density at radius 2 is 0.612 bits per heavy atom. The fourth-order valence-electron chi connectivity index (χ4n) is 5.79. The van der Waals surface area contributed by atoms with Crippen molar-refractivity contribution in [3.63, 3.8) is 0 Å². The van der Waals surface area contributed by atoms with Crippen LogP contribution in [0.4, 0.5) is 5.69 Å². The van der Waals surface area contributed by atoms with Crippen molar-refractivity contribution in [3.8, 4) is 28.7 Å². The molecule has 5 aromatic rings. The first-order chi connectivity index (χ1) is 23.8. The number of hydrogen-bond donors (Lipinski definition) is 0. The highest BCUT2D eigenvalue weighted by Gasteiger charge is 2.31. The minimum Gasteiger partial charge on any atom is -0.497 e. The van der Waals surface area contributed by atoms with Crippen LogP contribution in [0.2, 0.25) is 0 Å². The van der Waals surface area contributed by atoms with Crippen LogP contribution in [0.25, 0.3) is 0 Å². The molecule has 0 aromatic heterocycles. The van der Waals surface area contributed by atoms with Gasteiger partial charge < -0.3 is 37.7 Å². The van der Waals surface area contributed by atoms with E-state index in [-0.39, 0.29) is 0 Å².